The van der Waals surface area contributed by atoms with E-state index in [1.807, 2.05) is 44.2 Å². The molecule has 0 fully saturated rings. The number of benzene rings is 3. The first-order valence-corrected chi connectivity index (χ1v) is 11.9. The Morgan fingerprint density at radius 2 is 1.39 bits per heavy atom. The molecule has 0 saturated heterocycles. The molecule has 0 aromatic heterocycles. The lowest BCUT2D eigenvalue weighted by Gasteiger charge is -2.19. The molecule has 7 nitrogen and oxygen atoms in total. The van der Waals surface area contributed by atoms with Crippen LogP contribution in [0, 0.1) is 6.92 Å². The van der Waals surface area contributed by atoms with E-state index < -0.39 is 17.9 Å². The second kappa shape index (κ2) is 11.5. The van der Waals surface area contributed by atoms with Crippen molar-refractivity contribution in [3.63, 3.8) is 0 Å². The van der Waals surface area contributed by atoms with Gasteiger partial charge in [-0.3, -0.25) is 25.2 Å². The number of hydrazine groups is 1. The fraction of sp³-hybridized carbons (Fsp3) is 0.276. The number of para-hydroxylation sites is 1. The predicted molar refractivity (Wildman–Crippen MR) is 141 cm³/mol. The molecular weight excluding hydrogens is 454 g/mol. The summed E-state index contributed by atoms with van der Waals surface area (Å²) in [6, 6.07) is 21.3. The van der Waals surface area contributed by atoms with Crippen molar-refractivity contribution < 1.29 is 19.1 Å². The van der Waals surface area contributed by atoms with Crippen molar-refractivity contribution in [1.82, 2.24) is 10.9 Å². The maximum Gasteiger partial charge on any atom is 0.279 e. The summed E-state index contributed by atoms with van der Waals surface area (Å²) >= 11 is 0. The Hall–Kier alpha value is -4.13. The number of aryl methyl sites for hydroxylation is 1. The van der Waals surface area contributed by atoms with Crippen LogP contribution in [0.25, 0.3) is 0 Å². The second-order valence-corrected chi connectivity index (χ2v) is 9.58. The van der Waals surface area contributed by atoms with Crippen LogP contribution in [0.5, 0.6) is 5.75 Å². The van der Waals surface area contributed by atoms with Crippen molar-refractivity contribution in [3.05, 3.63) is 95.1 Å². The van der Waals surface area contributed by atoms with Gasteiger partial charge < -0.3 is 10.1 Å². The lowest BCUT2D eigenvalue weighted by Crippen LogP contribution is -2.48. The minimum atomic E-state index is -0.749. The van der Waals surface area contributed by atoms with Gasteiger partial charge in [0.15, 0.2) is 6.10 Å². The number of nitrogens with one attached hydrogen (secondary N) is 3. The van der Waals surface area contributed by atoms with Crippen molar-refractivity contribution in [2.75, 3.05) is 5.32 Å². The van der Waals surface area contributed by atoms with Gasteiger partial charge in [0.05, 0.1) is 0 Å². The van der Waals surface area contributed by atoms with Crippen LogP contribution in [0.4, 0.5) is 5.69 Å². The average molecular weight is 488 g/mol. The van der Waals surface area contributed by atoms with Gasteiger partial charge in [-0.25, -0.2) is 0 Å². The standard InChI is InChI=1S/C29H33N3O4/c1-6-24(36-25-10-8-7-9-19(25)2)28(35)32-31-27(34)21-13-17-23(18-14-21)30-26(33)20-11-15-22(16-12-20)29(3,4)5/h7-18,24H,6H2,1-5H3,(H,30,33)(H,31,34)(H,32,35). The van der Waals surface area contributed by atoms with Gasteiger partial charge in [-0.15, -0.1) is 0 Å². The third-order valence-electron chi connectivity index (χ3n) is 5.74. The minimum Gasteiger partial charge on any atom is -0.480 e. The van der Waals surface area contributed by atoms with Crippen LogP contribution in [-0.2, 0) is 10.2 Å². The molecular formula is C29H33N3O4. The first-order valence-electron chi connectivity index (χ1n) is 11.9. The molecule has 3 N–H and O–H groups in total. The van der Waals surface area contributed by atoms with E-state index >= 15 is 0 Å². The van der Waals surface area contributed by atoms with Crippen LogP contribution in [0.3, 0.4) is 0 Å². The summed E-state index contributed by atoms with van der Waals surface area (Å²) in [5.74, 6) is -0.548. The quantitative estimate of drug-likeness (QED) is 0.401. The Kier molecular flexibility index (Phi) is 8.48. The largest absolute Gasteiger partial charge is 0.480 e. The summed E-state index contributed by atoms with van der Waals surface area (Å²) in [7, 11) is 0. The topological polar surface area (TPSA) is 96.5 Å². The van der Waals surface area contributed by atoms with Gasteiger partial charge in [-0.05, 0) is 72.4 Å². The summed E-state index contributed by atoms with van der Waals surface area (Å²) in [6.45, 7) is 10.1. The molecule has 188 valence electrons. The smallest absolute Gasteiger partial charge is 0.279 e. The number of hydrogen-bond acceptors (Lipinski definition) is 4. The van der Waals surface area contributed by atoms with Crippen LogP contribution >= 0.6 is 0 Å². The molecule has 7 heteroatoms. The van der Waals surface area contributed by atoms with E-state index in [0.29, 0.717) is 29.0 Å². The molecule has 1 atom stereocenters. The number of anilines is 1. The Morgan fingerprint density at radius 3 is 1.97 bits per heavy atom. The zero-order valence-electron chi connectivity index (χ0n) is 21.3. The monoisotopic (exact) mass is 487 g/mol. The molecule has 1 unspecified atom stereocenters. The van der Waals surface area contributed by atoms with E-state index in [1.54, 1.807) is 42.5 Å². The Bertz CT molecular complexity index is 1210. The van der Waals surface area contributed by atoms with E-state index in [2.05, 4.69) is 36.9 Å². The molecule has 0 aliphatic carbocycles. The van der Waals surface area contributed by atoms with E-state index in [9.17, 15) is 14.4 Å². The van der Waals surface area contributed by atoms with Gasteiger partial charge in [-0.2, -0.15) is 0 Å². The summed E-state index contributed by atoms with van der Waals surface area (Å²) in [5.41, 5.74) is 8.34. The summed E-state index contributed by atoms with van der Waals surface area (Å²) in [5, 5.41) is 2.83. The summed E-state index contributed by atoms with van der Waals surface area (Å²) in [6.07, 6.45) is -0.315. The van der Waals surface area contributed by atoms with Crippen molar-refractivity contribution in [2.24, 2.45) is 0 Å². The van der Waals surface area contributed by atoms with Gasteiger partial charge in [0, 0.05) is 16.8 Å². The Balaban J connectivity index is 1.53. The van der Waals surface area contributed by atoms with Gasteiger partial charge in [-0.1, -0.05) is 58.0 Å². The fourth-order valence-electron chi connectivity index (χ4n) is 3.46. The van der Waals surface area contributed by atoms with E-state index in [4.69, 9.17) is 4.74 Å². The molecule has 36 heavy (non-hydrogen) atoms. The molecule has 3 aromatic rings. The number of amides is 3. The normalized spacial score (nSPS) is 11.8. The molecule has 3 aromatic carbocycles. The maximum atomic E-state index is 12.6. The Morgan fingerprint density at radius 1 is 0.806 bits per heavy atom. The highest BCUT2D eigenvalue weighted by atomic mass is 16.5. The highest BCUT2D eigenvalue weighted by Gasteiger charge is 2.20. The number of carbonyl (C=O) groups excluding carboxylic acids is 3. The molecule has 0 aliphatic heterocycles. The van der Waals surface area contributed by atoms with E-state index in [-0.39, 0.29) is 11.3 Å². The number of rotatable bonds is 7. The first-order chi connectivity index (χ1) is 17.1. The Labute approximate surface area is 212 Å². The highest BCUT2D eigenvalue weighted by molar-refractivity contribution is 6.04. The number of ether oxygens (including phenoxy) is 1. The number of carbonyl (C=O) groups is 3. The third-order valence-corrected chi connectivity index (χ3v) is 5.74. The molecule has 0 heterocycles. The second-order valence-electron chi connectivity index (χ2n) is 9.58. The average Bonchev–Trinajstić information content (AvgIpc) is 2.86. The summed E-state index contributed by atoms with van der Waals surface area (Å²) < 4.78 is 5.80. The van der Waals surface area contributed by atoms with Crippen LogP contribution < -0.4 is 20.9 Å². The van der Waals surface area contributed by atoms with Crippen molar-refractivity contribution in [2.45, 2.75) is 52.6 Å². The zero-order chi connectivity index (χ0) is 26.3. The molecule has 0 saturated carbocycles. The number of hydrogen-bond donors (Lipinski definition) is 3. The van der Waals surface area contributed by atoms with Crippen LogP contribution in [0.1, 0.15) is 66.0 Å². The van der Waals surface area contributed by atoms with E-state index in [1.165, 1.54) is 0 Å². The first kappa shape index (κ1) is 26.5. The molecule has 0 radical (unpaired) electrons. The van der Waals surface area contributed by atoms with Gasteiger partial charge in [0.25, 0.3) is 17.7 Å². The lowest BCUT2D eigenvalue weighted by molar-refractivity contribution is -0.128. The van der Waals surface area contributed by atoms with Crippen LogP contribution in [-0.4, -0.2) is 23.8 Å². The molecule has 0 bridgehead atoms. The molecule has 0 aliphatic rings. The predicted octanol–water partition coefficient (Wildman–Crippen LogP) is 5.16. The lowest BCUT2D eigenvalue weighted by atomic mass is 9.87. The molecule has 3 amide bonds. The van der Waals surface area contributed by atoms with Gasteiger partial charge >= 0.3 is 0 Å². The fourth-order valence-corrected chi connectivity index (χ4v) is 3.46. The van der Waals surface area contributed by atoms with Crippen LogP contribution in [0.2, 0.25) is 0 Å². The maximum absolute atomic E-state index is 12.6. The van der Waals surface area contributed by atoms with Gasteiger partial charge in [0.2, 0.25) is 0 Å². The highest BCUT2D eigenvalue weighted by Crippen LogP contribution is 2.22. The zero-order valence-corrected chi connectivity index (χ0v) is 21.3. The summed E-state index contributed by atoms with van der Waals surface area (Å²) in [4.78, 5) is 37.6. The van der Waals surface area contributed by atoms with Crippen molar-refractivity contribution >= 4 is 23.4 Å². The van der Waals surface area contributed by atoms with Crippen molar-refractivity contribution in [1.29, 1.82) is 0 Å². The molecule has 3 rings (SSSR count). The third kappa shape index (κ3) is 6.95. The van der Waals surface area contributed by atoms with Gasteiger partial charge in [0.1, 0.15) is 5.75 Å². The molecule has 0 spiro atoms. The SMILES string of the molecule is CCC(Oc1ccccc1C)C(=O)NNC(=O)c1ccc(NC(=O)c2ccc(C(C)(C)C)cc2)cc1. The minimum absolute atomic E-state index is 0.0102. The van der Waals surface area contributed by atoms with Crippen LogP contribution in [0.15, 0.2) is 72.8 Å². The van der Waals surface area contributed by atoms with Crippen molar-refractivity contribution in [3.8, 4) is 5.75 Å². The van der Waals surface area contributed by atoms with E-state index in [0.717, 1.165) is 11.1 Å².